The van der Waals surface area contributed by atoms with Crippen molar-refractivity contribution in [3.8, 4) is 0 Å². The number of nitrogens with zero attached hydrogens (tertiary/aromatic N) is 1. The van der Waals surface area contributed by atoms with E-state index in [0.717, 1.165) is 42.5 Å². The summed E-state index contributed by atoms with van der Waals surface area (Å²) in [6.45, 7) is 4.53. The highest BCUT2D eigenvalue weighted by Gasteiger charge is 2.39. The zero-order valence-electron chi connectivity index (χ0n) is 9.86. The van der Waals surface area contributed by atoms with Gasteiger partial charge < -0.3 is 5.32 Å². The van der Waals surface area contributed by atoms with E-state index < -0.39 is 10.8 Å². The summed E-state index contributed by atoms with van der Waals surface area (Å²) in [5, 5.41) is 3.70. The van der Waals surface area contributed by atoms with Crippen molar-refractivity contribution < 1.29 is 4.21 Å². The summed E-state index contributed by atoms with van der Waals surface area (Å²) < 4.78 is 11.3. The van der Waals surface area contributed by atoms with E-state index in [4.69, 9.17) is 0 Å². The Balaban J connectivity index is 1.53. The van der Waals surface area contributed by atoms with Crippen LogP contribution in [-0.4, -0.2) is 52.8 Å². The van der Waals surface area contributed by atoms with Gasteiger partial charge in [-0.2, -0.15) is 0 Å². The van der Waals surface area contributed by atoms with E-state index in [1.165, 1.54) is 32.4 Å². The van der Waals surface area contributed by atoms with Crippen LogP contribution in [0.3, 0.4) is 0 Å². The summed E-state index contributed by atoms with van der Waals surface area (Å²) >= 11 is 0. The first-order chi connectivity index (χ1) is 7.83. The topological polar surface area (TPSA) is 32.3 Å². The van der Waals surface area contributed by atoms with Crippen LogP contribution in [-0.2, 0) is 10.8 Å². The van der Waals surface area contributed by atoms with Crippen molar-refractivity contribution in [3.63, 3.8) is 0 Å². The zero-order chi connectivity index (χ0) is 11.0. The first-order valence-electron chi connectivity index (χ1n) is 6.63. The van der Waals surface area contributed by atoms with Crippen molar-refractivity contribution in [2.75, 3.05) is 37.7 Å². The molecular weight excluding hydrogens is 220 g/mol. The van der Waals surface area contributed by atoms with Gasteiger partial charge in [-0.25, -0.2) is 0 Å². The maximum atomic E-state index is 11.3. The fourth-order valence-corrected chi connectivity index (χ4v) is 4.77. The molecular formula is C12H22N2OS. The van der Waals surface area contributed by atoms with E-state index >= 15 is 0 Å². The van der Waals surface area contributed by atoms with Gasteiger partial charge in [-0.15, -0.1) is 0 Å². The highest BCUT2D eigenvalue weighted by atomic mass is 32.2. The lowest BCUT2D eigenvalue weighted by atomic mass is 9.94. The Hall–Kier alpha value is 0.0700. The second kappa shape index (κ2) is 4.75. The summed E-state index contributed by atoms with van der Waals surface area (Å²) in [5.41, 5.74) is 0. The van der Waals surface area contributed by atoms with Crippen molar-refractivity contribution in [1.82, 2.24) is 10.2 Å². The van der Waals surface area contributed by atoms with Crippen LogP contribution in [0.4, 0.5) is 0 Å². The van der Waals surface area contributed by atoms with Gasteiger partial charge in [0.1, 0.15) is 0 Å². The summed E-state index contributed by atoms with van der Waals surface area (Å²) in [5.74, 6) is 3.68. The van der Waals surface area contributed by atoms with Crippen LogP contribution in [0.15, 0.2) is 0 Å². The first-order valence-corrected chi connectivity index (χ1v) is 8.12. The van der Waals surface area contributed by atoms with Gasteiger partial charge in [0.15, 0.2) is 0 Å². The maximum absolute atomic E-state index is 11.3. The van der Waals surface area contributed by atoms with Gasteiger partial charge in [0, 0.05) is 48.0 Å². The minimum absolute atomic E-state index is 0.531. The predicted molar refractivity (Wildman–Crippen MR) is 66.9 cm³/mol. The molecule has 3 rings (SSSR count). The second-order valence-corrected chi connectivity index (χ2v) is 7.21. The normalized spacial score (nSPS) is 41.4. The van der Waals surface area contributed by atoms with E-state index in [0.29, 0.717) is 0 Å². The highest BCUT2D eigenvalue weighted by Crippen LogP contribution is 2.37. The molecule has 3 fully saturated rings. The third-order valence-corrected chi connectivity index (χ3v) is 5.88. The third-order valence-electron chi connectivity index (χ3n) is 4.60. The van der Waals surface area contributed by atoms with Gasteiger partial charge in [-0.3, -0.25) is 9.11 Å². The Morgan fingerprint density at radius 3 is 2.88 bits per heavy atom. The molecule has 3 nitrogen and oxygen atoms in total. The minimum Gasteiger partial charge on any atom is -0.312 e. The fraction of sp³-hybridized carbons (Fsp3) is 1.00. The van der Waals surface area contributed by atoms with Crippen LogP contribution in [0, 0.1) is 11.8 Å². The summed E-state index contributed by atoms with van der Waals surface area (Å²) in [6.07, 6.45) is 4.32. The van der Waals surface area contributed by atoms with Crippen LogP contribution in [0.2, 0.25) is 0 Å². The van der Waals surface area contributed by atoms with Crippen molar-refractivity contribution in [2.24, 2.45) is 11.8 Å². The molecule has 16 heavy (non-hydrogen) atoms. The Labute approximate surface area is 100 Å². The standard InChI is InChI=1S/C12H22N2OS/c15-16-6-4-14(5-7-16)9-12-11-3-1-2-10(11)8-13-12/h10-13H,1-9H2. The van der Waals surface area contributed by atoms with Gasteiger partial charge in [0.05, 0.1) is 0 Å². The van der Waals surface area contributed by atoms with Gasteiger partial charge in [-0.1, -0.05) is 6.42 Å². The van der Waals surface area contributed by atoms with Gasteiger partial charge >= 0.3 is 0 Å². The van der Waals surface area contributed by atoms with E-state index in [-0.39, 0.29) is 0 Å². The molecule has 0 amide bonds. The van der Waals surface area contributed by atoms with Crippen LogP contribution in [0.5, 0.6) is 0 Å². The molecule has 3 aliphatic rings. The number of nitrogens with one attached hydrogen (secondary N) is 1. The van der Waals surface area contributed by atoms with Crippen LogP contribution >= 0.6 is 0 Å². The monoisotopic (exact) mass is 242 g/mol. The van der Waals surface area contributed by atoms with Crippen molar-refractivity contribution in [3.05, 3.63) is 0 Å². The Morgan fingerprint density at radius 1 is 1.25 bits per heavy atom. The van der Waals surface area contributed by atoms with E-state index in [9.17, 15) is 4.21 Å². The molecule has 92 valence electrons. The van der Waals surface area contributed by atoms with Crippen molar-refractivity contribution >= 4 is 10.8 Å². The number of hydrogen-bond acceptors (Lipinski definition) is 3. The predicted octanol–water partition coefficient (Wildman–Crippen LogP) is 0.439. The lowest BCUT2D eigenvalue weighted by Crippen LogP contribution is -2.46. The number of rotatable bonds is 2. The Morgan fingerprint density at radius 2 is 2.06 bits per heavy atom. The molecule has 2 heterocycles. The van der Waals surface area contributed by atoms with Crippen LogP contribution < -0.4 is 5.32 Å². The largest absolute Gasteiger partial charge is 0.312 e. The fourth-order valence-electron chi connectivity index (χ4n) is 3.64. The van der Waals surface area contributed by atoms with Gasteiger partial charge in [0.2, 0.25) is 0 Å². The molecule has 2 saturated heterocycles. The first kappa shape index (κ1) is 11.2. The van der Waals surface area contributed by atoms with Crippen molar-refractivity contribution in [2.45, 2.75) is 25.3 Å². The summed E-state index contributed by atoms with van der Waals surface area (Å²) in [6, 6.07) is 0.721. The summed E-state index contributed by atoms with van der Waals surface area (Å²) in [7, 11) is -0.531. The average molecular weight is 242 g/mol. The molecule has 1 aliphatic carbocycles. The Bertz CT molecular complexity index is 274. The molecule has 2 aliphatic heterocycles. The minimum atomic E-state index is -0.531. The molecule has 1 saturated carbocycles. The quantitative estimate of drug-likeness (QED) is 0.762. The highest BCUT2D eigenvalue weighted by molar-refractivity contribution is 7.85. The van der Waals surface area contributed by atoms with E-state index in [1.807, 2.05) is 0 Å². The molecule has 4 heteroatoms. The summed E-state index contributed by atoms with van der Waals surface area (Å²) in [4.78, 5) is 2.51. The maximum Gasteiger partial charge on any atom is 0.0363 e. The smallest absolute Gasteiger partial charge is 0.0363 e. The van der Waals surface area contributed by atoms with E-state index in [1.54, 1.807) is 0 Å². The molecule has 0 aromatic rings. The molecule has 3 unspecified atom stereocenters. The van der Waals surface area contributed by atoms with Gasteiger partial charge in [0.25, 0.3) is 0 Å². The lowest BCUT2D eigenvalue weighted by Gasteiger charge is -2.30. The molecule has 0 bridgehead atoms. The number of fused-ring (bicyclic) bond motifs is 1. The molecule has 1 N–H and O–H groups in total. The lowest BCUT2D eigenvalue weighted by molar-refractivity contribution is 0.243. The third kappa shape index (κ3) is 2.20. The average Bonchev–Trinajstić information content (AvgIpc) is 2.86. The molecule has 0 radical (unpaired) electrons. The SMILES string of the molecule is O=S1CCN(CC2NCC3CCCC32)CC1. The molecule has 3 atom stereocenters. The molecule has 0 aromatic heterocycles. The Kier molecular flexibility index (Phi) is 3.32. The molecule has 0 spiro atoms. The van der Waals surface area contributed by atoms with Crippen LogP contribution in [0.1, 0.15) is 19.3 Å². The number of hydrogen-bond donors (Lipinski definition) is 1. The second-order valence-electron chi connectivity index (χ2n) is 5.52. The molecule has 0 aromatic carbocycles. The van der Waals surface area contributed by atoms with Crippen LogP contribution in [0.25, 0.3) is 0 Å². The van der Waals surface area contributed by atoms with Crippen molar-refractivity contribution in [1.29, 1.82) is 0 Å². The van der Waals surface area contributed by atoms with E-state index in [2.05, 4.69) is 10.2 Å². The zero-order valence-corrected chi connectivity index (χ0v) is 10.7. The van der Waals surface area contributed by atoms with Gasteiger partial charge in [-0.05, 0) is 31.2 Å².